The molecule has 0 radical (unpaired) electrons. The van der Waals surface area contributed by atoms with Crippen LogP contribution in [0.15, 0.2) is 18.3 Å². The van der Waals surface area contributed by atoms with Gasteiger partial charge >= 0.3 is 5.69 Å². The highest BCUT2D eigenvalue weighted by Gasteiger charge is 2.25. The summed E-state index contributed by atoms with van der Waals surface area (Å²) in [6.07, 6.45) is 2.84. The molecular weight excluding hydrogens is 270 g/mol. The van der Waals surface area contributed by atoms with Crippen LogP contribution in [-0.4, -0.2) is 26.7 Å². The van der Waals surface area contributed by atoms with Crippen LogP contribution in [0.25, 0.3) is 0 Å². The molecule has 2 rings (SSSR count). The Bertz CT molecular complexity index is 651. The highest BCUT2D eigenvalue weighted by molar-refractivity contribution is 5.42. The van der Waals surface area contributed by atoms with Gasteiger partial charge in [0.15, 0.2) is 0 Å². The van der Waals surface area contributed by atoms with E-state index in [-0.39, 0.29) is 10.6 Å². The molecular formula is C14H19N5O2. The van der Waals surface area contributed by atoms with Crippen molar-refractivity contribution < 1.29 is 4.92 Å². The van der Waals surface area contributed by atoms with E-state index in [1.54, 1.807) is 17.9 Å². The third-order valence-corrected chi connectivity index (χ3v) is 3.36. The first-order valence-electron chi connectivity index (χ1n) is 6.96. The second-order valence-corrected chi connectivity index (χ2v) is 4.66. The maximum Gasteiger partial charge on any atom is 0.313 e. The van der Waals surface area contributed by atoms with E-state index < -0.39 is 0 Å². The van der Waals surface area contributed by atoms with Crippen molar-refractivity contribution in [3.63, 3.8) is 0 Å². The maximum atomic E-state index is 11.3. The first kappa shape index (κ1) is 15.0. The fraction of sp³-hybridized carbons (Fsp3) is 0.429. The van der Waals surface area contributed by atoms with Gasteiger partial charge in [0.25, 0.3) is 0 Å². The van der Waals surface area contributed by atoms with Crippen LogP contribution in [0.4, 0.5) is 11.5 Å². The summed E-state index contributed by atoms with van der Waals surface area (Å²) in [5.74, 6) is 0.767. The first-order chi connectivity index (χ1) is 10.1. The molecule has 0 spiro atoms. The number of hydrogen-bond acceptors (Lipinski definition) is 5. The molecule has 7 nitrogen and oxygen atoms in total. The molecule has 0 aliphatic carbocycles. The van der Waals surface area contributed by atoms with Crippen molar-refractivity contribution in [2.75, 3.05) is 12.4 Å². The minimum Gasteiger partial charge on any atom is -0.373 e. The SMILES string of the molecule is CCc1nn(Cc2ccnc(NC)c2)c(CC)c1[N+](=O)[O-]. The average molecular weight is 289 g/mol. The molecule has 1 N–H and O–H groups in total. The lowest BCUT2D eigenvalue weighted by atomic mass is 10.2. The Labute approximate surface area is 123 Å². The zero-order valence-electron chi connectivity index (χ0n) is 12.5. The smallest absolute Gasteiger partial charge is 0.313 e. The normalized spacial score (nSPS) is 10.6. The number of pyridine rings is 1. The first-order valence-corrected chi connectivity index (χ1v) is 6.96. The largest absolute Gasteiger partial charge is 0.373 e. The molecule has 0 amide bonds. The fourth-order valence-electron chi connectivity index (χ4n) is 2.35. The van der Waals surface area contributed by atoms with Crippen LogP contribution in [0.1, 0.15) is 30.8 Å². The summed E-state index contributed by atoms with van der Waals surface area (Å²) in [5, 5.41) is 18.6. The van der Waals surface area contributed by atoms with Crippen LogP contribution in [-0.2, 0) is 19.4 Å². The zero-order valence-corrected chi connectivity index (χ0v) is 12.5. The number of aromatic nitrogens is 3. The average Bonchev–Trinajstić information content (AvgIpc) is 2.85. The molecule has 2 aromatic heterocycles. The predicted molar refractivity (Wildman–Crippen MR) is 80.5 cm³/mol. The highest BCUT2D eigenvalue weighted by atomic mass is 16.6. The van der Waals surface area contributed by atoms with Crippen LogP contribution in [0.2, 0.25) is 0 Å². The van der Waals surface area contributed by atoms with E-state index in [2.05, 4.69) is 15.4 Å². The molecule has 0 aliphatic heterocycles. The summed E-state index contributed by atoms with van der Waals surface area (Å²) in [7, 11) is 1.80. The maximum absolute atomic E-state index is 11.3. The lowest BCUT2D eigenvalue weighted by Gasteiger charge is -2.07. The summed E-state index contributed by atoms with van der Waals surface area (Å²) >= 11 is 0. The van der Waals surface area contributed by atoms with Crippen molar-refractivity contribution in [2.45, 2.75) is 33.2 Å². The van der Waals surface area contributed by atoms with E-state index >= 15 is 0 Å². The zero-order chi connectivity index (χ0) is 15.4. The lowest BCUT2D eigenvalue weighted by Crippen LogP contribution is -2.07. The van der Waals surface area contributed by atoms with E-state index in [0.717, 1.165) is 11.4 Å². The summed E-state index contributed by atoms with van der Waals surface area (Å²) in [5.41, 5.74) is 2.37. The number of anilines is 1. The van der Waals surface area contributed by atoms with E-state index in [4.69, 9.17) is 0 Å². The number of nitro groups is 1. The van der Waals surface area contributed by atoms with Gasteiger partial charge in [0.1, 0.15) is 17.2 Å². The topological polar surface area (TPSA) is 85.9 Å². The van der Waals surface area contributed by atoms with Crippen LogP contribution < -0.4 is 5.32 Å². The van der Waals surface area contributed by atoms with Crippen molar-refractivity contribution >= 4 is 11.5 Å². The van der Waals surface area contributed by atoms with Gasteiger partial charge in [-0.25, -0.2) is 4.98 Å². The number of nitrogens with zero attached hydrogens (tertiary/aromatic N) is 4. The summed E-state index contributed by atoms with van der Waals surface area (Å²) < 4.78 is 1.73. The second-order valence-electron chi connectivity index (χ2n) is 4.66. The van der Waals surface area contributed by atoms with E-state index in [0.29, 0.717) is 30.8 Å². The summed E-state index contributed by atoms with van der Waals surface area (Å²) in [6, 6.07) is 3.80. The molecule has 0 fully saturated rings. The third kappa shape index (κ3) is 3.01. The van der Waals surface area contributed by atoms with Crippen molar-refractivity contribution in [3.8, 4) is 0 Å². The van der Waals surface area contributed by atoms with Gasteiger partial charge in [0.2, 0.25) is 0 Å². The molecule has 21 heavy (non-hydrogen) atoms. The van der Waals surface area contributed by atoms with Crippen molar-refractivity contribution in [2.24, 2.45) is 0 Å². The Morgan fingerprint density at radius 3 is 2.71 bits per heavy atom. The fourth-order valence-corrected chi connectivity index (χ4v) is 2.35. The van der Waals surface area contributed by atoms with Gasteiger partial charge in [-0.15, -0.1) is 0 Å². The standard InChI is InChI=1S/C14H19N5O2/c1-4-11-14(19(20)21)12(5-2)18(17-11)9-10-6-7-16-13(8-10)15-3/h6-8H,4-5,9H2,1-3H3,(H,15,16). The van der Waals surface area contributed by atoms with Crippen LogP contribution in [0.5, 0.6) is 0 Å². The number of nitrogens with one attached hydrogen (secondary N) is 1. The van der Waals surface area contributed by atoms with Gasteiger partial charge in [0, 0.05) is 13.2 Å². The molecule has 0 atom stereocenters. The Morgan fingerprint density at radius 1 is 1.38 bits per heavy atom. The van der Waals surface area contributed by atoms with Gasteiger partial charge in [-0.2, -0.15) is 5.10 Å². The van der Waals surface area contributed by atoms with Crippen molar-refractivity contribution in [1.82, 2.24) is 14.8 Å². The van der Waals surface area contributed by atoms with Gasteiger partial charge in [-0.3, -0.25) is 14.8 Å². The number of aryl methyl sites for hydroxylation is 1. The number of rotatable bonds is 6. The minimum absolute atomic E-state index is 0.155. The van der Waals surface area contributed by atoms with Gasteiger partial charge in [0.05, 0.1) is 11.5 Å². The van der Waals surface area contributed by atoms with Crippen LogP contribution >= 0.6 is 0 Å². The van der Waals surface area contributed by atoms with Crippen molar-refractivity contribution in [3.05, 3.63) is 45.4 Å². The molecule has 0 aromatic carbocycles. The molecule has 0 saturated carbocycles. The van der Waals surface area contributed by atoms with E-state index in [1.807, 2.05) is 26.0 Å². The van der Waals surface area contributed by atoms with E-state index in [1.165, 1.54) is 0 Å². The Balaban J connectivity index is 2.41. The second kappa shape index (κ2) is 6.34. The van der Waals surface area contributed by atoms with Gasteiger partial charge < -0.3 is 5.32 Å². The lowest BCUT2D eigenvalue weighted by molar-refractivity contribution is -0.386. The molecule has 0 saturated heterocycles. The molecule has 0 aliphatic rings. The molecule has 2 heterocycles. The Hall–Kier alpha value is -2.44. The summed E-state index contributed by atoms with van der Waals surface area (Å²) in [4.78, 5) is 15.1. The Kier molecular flexibility index (Phi) is 4.52. The molecule has 0 bridgehead atoms. The minimum atomic E-state index is -0.327. The van der Waals surface area contributed by atoms with E-state index in [9.17, 15) is 10.1 Å². The van der Waals surface area contributed by atoms with Gasteiger partial charge in [-0.05, 0) is 30.5 Å². The van der Waals surface area contributed by atoms with Crippen molar-refractivity contribution in [1.29, 1.82) is 0 Å². The molecule has 0 unspecified atom stereocenters. The highest BCUT2D eigenvalue weighted by Crippen LogP contribution is 2.25. The van der Waals surface area contributed by atoms with Crippen LogP contribution in [0.3, 0.4) is 0 Å². The monoisotopic (exact) mass is 289 g/mol. The number of hydrogen-bond donors (Lipinski definition) is 1. The quantitative estimate of drug-likeness (QED) is 0.652. The molecule has 2 aromatic rings. The van der Waals surface area contributed by atoms with Gasteiger partial charge in [-0.1, -0.05) is 13.8 Å². The Morgan fingerprint density at radius 2 is 2.14 bits per heavy atom. The summed E-state index contributed by atoms with van der Waals surface area (Å²) in [6.45, 7) is 4.29. The van der Waals surface area contributed by atoms with Crippen LogP contribution in [0, 0.1) is 10.1 Å². The molecule has 7 heteroatoms. The molecule has 112 valence electrons. The predicted octanol–water partition coefficient (Wildman–Crippen LogP) is 2.40. The third-order valence-electron chi connectivity index (χ3n) is 3.36.